The van der Waals surface area contributed by atoms with Gasteiger partial charge < -0.3 is 14.4 Å². The minimum atomic E-state index is 0.788. The molecule has 1 heterocycles. The maximum atomic E-state index is 5.28. The zero-order valence-electron chi connectivity index (χ0n) is 20.1. The topological polar surface area (TPSA) is 37.3 Å². The van der Waals surface area contributed by atoms with Crippen LogP contribution in [0.4, 0.5) is 5.69 Å². The average molecular weight is 454 g/mol. The Morgan fingerprint density at radius 1 is 0.794 bits per heavy atom. The molecule has 0 radical (unpaired) electrons. The molecule has 174 valence electrons. The van der Waals surface area contributed by atoms with Crippen LogP contribution in [0.2, 0.25) is 0 Å². The second-order valence-electron chi connectivity index (χ2n) is 8.36. The van der Waals surface area contributed by atoms with E-state index in [1.807, 2.05) is 48.5 Å². The Hall–Kier alpha value is -3.75. The molecule has 0 aliphatic carbocycles. The van der Waals surface area contributed by atoms with E-state index in [1.165, 1.54) is 11.1 Å². The Morgan fingerprint density at radius 2 is 1.38 bits per heavy atom. The SMILES string of the molecule is COc1ccc(C#CC(=Nc2ccc(OC)cc2)N2CCN(Cc3ccc(C)cc3)CC2)cc1. The van der Waals surface area contributed by atoms with Crippen molar-refractivity contribution in [1.82, 2.24) is 9.80 Å². The molecule has 1 aliphatic rings. The minimum absolute atomic E-state index is 0.788. The van der Waals surface area contributed by atoms with Gasteiger partial charge in [0, 0.05) is 38.3 Å². The Kier molecular flexibility index (Phi) is 7.85. The predicted molar refractivity (Wildman–Crippen MR) is 138 cm³/mol. The highest BCUT2D eigenvalue weighted by molar-refractivity contribution is 6.00. The second kappa shape index (κ2) is 11.4. The van der Waals surface area contributed by atoms with Gasteiger partial charge >= 0.3 is 0 Å². The Balaban J connectivity index is 1.50. The van der Waals surface area contributed by atoms with Crippen molar-refractivity contribution in [3.8, 4) is 23.3 Å². The largest absolute Gasteiger partial charge is 0.497 e. The first kappa shape index (κ1) is 23.4. The fourth-order valence-electron chi connectivity index (χ4n) is 3.83. The van der Waals surface area contributed by atoms with E-state index in [2.05, 4.69) is 52.8 Å². The molecular weight excluding hydrogens is 422 g/mol. The van der Waals surface area contributed by atoms with Crippen LogP contribution in [0.15, 0.2) is 77.8 Å². The van der Waals surface area contributed by atoms with Crippen molar-refractivity contribution in [2.45, 2.75) is 13.5 Å². The number of aryl methyl sites for hydroxylation is 1. The summed E-state index contributed by atoms with van der Waals surface area (Å²) in [5, 5.41) is 0. The Bertz CT molecular complexity index is 1150. The number of methoxy groups -OCH3 is 2. The van der Waals surface area contributed by atoms with E-state index in [9.17, 15) is 0 Å². The van der Waals surface area contributed by atoms with Crippen molar-refractivity contribution < 1.29 is 9.47 Å². The van der Waals surface area contributed by atoms with Gasteiger partial charge in [-0.25, -0.2) is 4.99 Å². The monoisotopic (exact) mass is 453 g/mol. The van der Waals surface area contributed by atoms with E-state index in [-0.39, 0.29) is 0 Å². The molecule has 5 heteroatoms. The quantitative estimate of drug-likeness (QED) is 0.312. The van der Waals surface area contributed by atoms with Gasteiger partial charge in [0.25, 0.3) is 0 Å². The molecule has 0 atom stereocenters. The molecule has 3 aromatic carbocycles. The van der Waals surface area contributed by atoms with Crippen LogP contribution in [-0.4, -0.2) is 56.0 Å². The van der Waals surface area contributed by atoms with Gasteiger partial charge in [0.2, 0.25) is 0 Å². The number of benzene rings is 3. The highest BCUT2D eigenvalue weighted by Gasteiger charge is 2.19. The molecule has 0 amide bonds. The number of amidine groups is 1. The average Bonchev–Trinajstić information content (AvgIpc) is 2.89. The zero-order chi connectivity index (χ0) is 23.8. The lowest BCUT2D eigenvalue weighted by molar-refractivity contribution is 0.176. The van der Waals surface area contributed by atoms with E-state index in [0.717, 1.165) is 61.3 Å². The molecule has 4 rings (SSSR count). The van der Waals surface area contributed by atoms with Crippen LogP contribution in [0.1, 0.15) is 16.7 Å². The van der Waals surface area contributed by atoms with E-state index in [4.69, 9.17) is 14.5 Å². The second-order valence-corrected chi connectivity index (χ2v) is 8.36. The molecule has 0 spiro atoms. The van der Waals surface area contributed by atoms with Crippen LogP contribution in [0.25, 0.3) is 0 Å². The van der Waals surface area contributed by atoms with Crippen molar-refractivity contribution in [2.75, 3.05) is 40.4 Å². The summed E-state index contributed by atoms with van der Waals surface area (Å²) in [6, 6.07) is 24.4. The first-order valence-corrected chi connectivity index (χ1v) is 11.5. The molecule has 5 nitrogen and oxygen atoms in total. The van der Waals surface area contributed by atoms with E-state index in [0.29, 0.717) is 0 Å². The highest BCUT2D eigenvalue weighted by Crippen LogP contribution is 2.19. The highest BCUT2D eigenvalue weighted by atomic mass is 16.5. The van der Waals surface area contributed by atoms with Crippen LogP contribution in [0.5, 0.6) is 11.5 Å². The summed E-state index contributed by atoms with van der Waals surface area (Å²) in [6.45, 7) is 6.81. The first-order valence-electron chi connectivity index (χ1n) is 11.5. The lowest BCUT2D eigenvalue weighted by Crippen LogP contribution is -2.48. The minimum Gasteiger partial charge on any atom is -0.497 e. The standard InChI is InChI=1S/C29H31N3O2/c1-23-4-6-25(7-5-23)22-31-18-20-32(21-19-31)29(30-26-11-15-28(34-3)16-12-26)17-10-24-8-13-27(33-2)14-9-24/h4-9,11-16H,18-22H2,1-3H3. The van der Waals surface area contributed by atoms with Crippen molar-refractivity contribution >= 4 is 11.5 Å². The third-order valence-corrected chi connectivity index (χ3v) is 5.91. The zero-order valence-corrected chi connectivity index (χ0v) is 20.1. The van der Waals surface area contributed by atoms with Gasteiger partial charge in [0.05, 0.1) is 19.9 Å². The number of ether oxygens (including phenoxy) is 2. The van der Waals surface area contributed by atoms with Crippen molar-refractivity contribution in [3.63, 3.8) is 0 Å². The van der Waals surface area contributed by atoms with Gasteiger partial charge in [0.15, 0.2) is 5.84 Å². The Morgan fingerprint density at radius 3 is 1.97 bits per heavy atom. The number of hydrogen-bond acceptors (Lipinski definition) is 4. The van der Waals surface area contributed by atoms with E-state index < -0.39 is 0 Å². The van der Waals surface area contributed by atoms with E-state index >= 15 is 0 Å². The molecule has 3 aromatic rings. The first-order chi connectivity index (χ1) is 16.6. The summed E-state index contributed by atoms with van der Waals surface area (Å²) in [5.41, 5.74) is 4.44. The van der Waals surface area contributed by atoms with Crippen LogP contribution < -0.4 is 9.47 Å². The predicted octanol–water partition coefficient (Wildman–Crippen LogP) is 4.91. The van der Waals surface area contributed by atoms with Crippen LogP contribution in [-0.2, 0) is 6.54 Å². The molecule has 1 aliphatic heterocycles. The number of aliphatic imine (C=N–C) groups is 1. The summed E-state index contributed by atoms with van der Waals surface area (Å²) < 4.78 is 10.5. The van der Waals surface area contributed by atoms with Gasteiger partial charge in [-0.05, 0) is 66.9 Å². The smallest absolute Gasteiger partial charge is 0.182 e. The van der Waals surface area contributed by atoms with Crippen molar-refractivity contribution in [3.05, 3.63) is 89.5 Å². The molecule has 0 bridgehead atoms. The van der Waals surface area contributed by atoms with Gasteiger partial charge in [-0.3, -0.25) is 4.90 Å². The van der Waals surface area contributed by atoms with E-state index in [1.54, 1.807) is 14.2 Å². The molecule has 1 saturated heterocycles. The fraction of sp³-hybridized carbons (Fsp3) is 0.276. The molecule has 1 fully saturated rings. The van der Waals surface area contributed by atoms with Gasteiger partial charge in [-0.1, -0.05) is 35.7 Å². The third-order valence-electron chi connectivity index (χ3n) is 5.91. The van der Waals surface area contributed by atoms with Crippen LogP contribution in [0, 0.1) is 18.8 Å². The molecule has 34 heavy (non-hydrogen) atoms. The number of hydrogen-bond donors (Lipinski definition) is 0. The molecular formula is C29H31N3O2. The fourth-order valence-corrected chi connectivity index (χ4v) is 3.83. The Labute approximate surface area is 202 Å². The maximum absolute atomic E-state index is 5.28. The molecule has 0 aromatic heterocycles. The van der Waals surface area contributed by atoms with Gasteiger partial charge in [0.1, 0.15) is 11.5 Å². The van der Waals surface area contributed by atoms with Gasteiger partial charge in [-0.15, -0.1) is 0 Å². The van der Waals surface area contributed by atoms with Crippen LogP contribution >= 0.6 is 0 Å². The maximum Gasteiger partial charge on any atom is 0.182 e. The lowest BCUT2D eigenvalue weighted by Gasteiger charge is -2.35. The molecule has 0 N–H and O–H groups in total. The summed E-state index contributed by atoms with van der Waals surface area (Å²) >= 11 is 0. The third kappa shape index (κ3) is 6.40. The summed E-state index contributed by atoms with van der Waals surface area (Å²) in [4.78, 5) is 9.67. The normalized spacial score (nSPS) is 14.3. The summed E-state index contributed by atoms with van der Waals surface area (Å²) in [6.07, 6.45) is 0. The van der Waals surface area contributed by atoms with Crippen molar-refractivity contribution in [2.24, 2.45) is 4.99 Å². The van der Waals surface area contributed by atoms with Crippen molar-refractivity contribution in [1.29, 1.82) is 0 Å². The van der Waals surface area contributed by atoms with Crippen LogP contribution in [0.3, 0.4) is 0 Å². The summed E-state index contributed by atoms with van der Waals surface area (Å²) in [5.74, 6) is 9.03. The van der Waals surface area contributed by atoms with Gasteiger partial charge in [-0.2, -0.15) is 0 Å². The number of nitrogens with zero attached hydrogens (tertiary/aromatic N) is 3. The number of rotatable bonds is 5. The lowest BCUT2D eigenvalue weighted by atomic mass is 10.1. The molecule has 0 unspecified atom stereocenters. The number of piperazine rings is 1. The summed E-state index contributed by atoms with van der Waals surface area (Å²) in [7, 11) is 3.33. The molecule has 0 saturated carbocycles.